The van der Waals surface area contributed by atoms with Gasteiger partial charge in [-0.15, -0.1) is 0 Å². The van der Waals surface area contributed by atoms with E-state index in [1.807, 2.05) is 71.4 Å². The summed E-state index contributed by atoms with van der Waals surface area (Å²) in [6.45, 7) is 2.35. The number of amides is 2. The second-order valence-corrected chi connectivity index (χ2v) is 8.40. The SMILES string of the molecule is CN1CCCCC(C2CCN(C(=O)c3ccccc3-c3ccccc3)CC2)C1=O. The van der Waals surface area contributed by atoms with Crippen LogP contribution >= 0.6 is 0 Å². The first kappa shape index (κ1) is 19.7. The summed E-state index contributed by atoms with van der Waals surface area (Å²) in [5.74, 6) is 0.946. The molecule has 0 aromatic heterocycles. The molecule has 0 spiro atoms. The van der Waals surface area contributed by atoms with Crippen LogP contribution in [0.5, 0.6) is 0 Å². The third-order valence-electron chi connectivity index (χ3n) is 6.59. The van der Waals surface area contributed by atoms with Crippen molar-refractivity contribution in [1.82, 2.24) is 9.80 Å². The molecule has 0 saturated carbocycles. The summed E-state index contributed by atoms with van der Waals surface area (Å²) < 4.78 is 0. The molecule has 4 rings (SSSR count). The van der Waals surface area contributed by atoms with Gasteiger partial charge in [0.25, 0.3) is 5.91 Å². The number of rotatable bonds is 3. The van der Waals surface area contributed by atoms with Crippen molar-refractivity contribution in [2.24, 2.45) is 11.8 Å². The molecule has 1 unspecified atom stereocenters. The van der Waals surface area contributed by atoms with Crippen molar-refractivity contribution in [3.05, 3.63) is 60.2 Å². The van der Waals surface area contributed by atoms with Crippen molar-refractivity contribution in [2.75, 3.05) is 26.7 Å². The fourth-order valence-corrected chi connectivity index (χ4v) is 4.88. The van der Waals surface area contributed by atoms with E-state index in [-0.39, 0.29) is 11.8 Å². The van der Waals surface area contributed by atoms with Gasteiger partial charge < -0.3 is 9.80 Å². The first-order chi connectivity index (χ1) is 14.1. The number of piperidine rings is 1. The van der Waals surface area contributed by atoms with E-state index in [0.717, 1.165) is 68.4 Å². The maximum Gasteiger partial charge on any atom is 0.254 e. The molecule has 2 aromatic carbocycles. The summed E-state index contributed by atoms with van der Waals surface area (Å²) in [4.78, 5) is 29.9. The normalized spacial score (nSPS) is 21.1. The highest BCUT2D eigenvalue weighted by atomic mass is 16.2. The van der Waals surface area contributed by atoms with Crippen LogP contribution in [-0.4, -0.2) is 48.3 Å². The summed E-state index contributed by atoms with van der Waals surface area (Å²) in [6.07, 6.45) is 5.07. The van der Waals surface area contributed by atoms with Crippen LogP contribution in [0.2, 0.25) is 0 Å². The van der Waals surface area contributed by atoms with Crippen LogP contribution in [0.15, 0.2) is 54.6 Å². The number of likely N-dealkylation sites (tertiary alicyclic amines) is 2. The van der Waals surface area contributed by atoms with Gasteiger partial charge >= 0.3 is 0 Å². The highest BCUT2D eigenvalue weighted by Crippen LogP contribution is 2.33. The van der Waals surface area contributed by atoms with Gasteiger partial charge in [-0.2, -0.15) is 0 Å². The van der Waals surface area contributed by atoms with Crippen molar-refractivity contribution < 1.29 is 9.59 Å². The number of carbonyl (C=O) groups is 2. The Balaban J connectivity index is 1.46. The Bertz CT molecular complexity index is 856. The monoisotopic (exact) mass is 390 g/mol. The maximum absolute atomic E-state index is 13.3. The van der Waals surface area contributed by atoms with E-state index in [4.69, 9.17) is 0 Å². The Kier molecular flexibility index (Phi) is 5.98. The lowest BCUT2D eigenvalue weighted by molar-refractivity contribution is -0.135. The zero-order valence-corrected chi connectivity index (χ0v) is 17.2. The van der Waals surface area contributed by atoms with Crippen LogP contribution in [0.3, 0.4) is 0 Å². The Morgan fingerprint density at radius 3 is 2.31 bits per heavy atom. The molecule has 29 heavy (non-hydrogen) atoms. The molecule has 4 nitrogen and oxygen atoms in total. The summed E-state index contributed by atoms with van der Waals surface area (Å²) in [6, 6.07) is 18.0. The molecule has 0 radical (unpaired) electrons. The average Bonchev–Trinajstić information content (AvgIpc) is 2.95. The molecule has 0 bridgehead atoms. The van der Waals surface area contributed by atoms with Crippen molar-refractivity contribution in [1.29, 1.82) is 0 Å². The lowest BCUT2D eigenvalue weighted by Gasteiger charge is -2.36. The zero-order valence-electron chi connectivity index (χ0n) is 17.2. The predicted molar refractivity (Wildman–Crippen MR) is 115 cm³/mol. The van der Waals surface area contributed by atoms with E-state index < -0.39 is 0 Å². The molecule has 2 aromatic rings. The van der Waals surface area contributed by atoms with Gasteiger partial charge in [-0.05, 0) is 48.8 Å². The first-order valence-corrected chi connectivity index (χ1v) is 10.8. The fraction of sp³-hybridized carbons (Fsp3) is 0.440. The molecule has 0 aliphatic carbocycles. The Labute approximate surface area is 173 Å². The van der Waals surface area contributed by atoms with Crippen molar-refractivity contribution in [3.8, 4) is 11.1 Å². The van der Waals surface area contributed by atoms with Crippen LogP contribution in [0, 0.1) is 11.8 Å². The summed E-state index contributed by atoms with van der Waals surface area (Å²) >= 11 is 0. The fourth-order valence-electron chi connectivity index (χ4n) is 4.88. The standard InChI is InChI=1S/C25H30N2O2/c1-26-16-8-7-12-22(24(26)28)20-14-17-27(18-15-20)25(29)23-13-6-5-11-21(23)19-9-3-2-4-10-19/h2-6,9-11,13,20,22H,7-8,12,14-18H2,1H3. The van der Waals surface area contributed by atoms with Crippen molar-refractivity contribution in [3.63, 3.8) is 0 Å². The van der Waals surface area contributed by atoms with Crippen LogP contribution in [0.25, 0.3) is 11.1 Å². The lowest BCUT2D eigenvalue weighted by atomic mass is 9.81. The van der Waals surface area contributed by atoms with Gasteiger partial charge in [-0.1, -0.05) is 55.0 Å². The number of carbonyl (C=O) groups excluding carboxylic acids is 2. The largest absolute Gasteiger partial charge is 0.346 e. The van der Waals surface area contributed by atoms with E-state index in [0.29, 0.717) is 11.8 Å². The number of hydrogen-bond donors (Lipinski definition) is 0. The minimum atomic E-state index is 0.104. The van der Waals surface area contributed by atoms with Crippen LogP contribution in [0.1, 0.15) is 42.5 Å². The van der Waals surface area contributed by atoms with Gasteiger partial charge in [0.1, 0.15) is 0 Å². The van der Waals surface area contributed by atoms with Gasteiger partial charge in [-0.3, -0.25) is 9.59 Å². The van der Waals surface area contributed by atoms with Gasteiger partial charge in [0.05, 0.1) is 0 Å². The average molecular weight is 391 g/mol. The maximum atomic E-state index is 13.3. The molecule has 2 aliphatic heterocycles. The topological polar surface area (TPSA) is 40.6 Å². The Morgan fingerprint density at radius 2 is 1.55 bits per heavy atom. The molecular weight excluding hydrogens is 360 g/mol. The van der Waals surface area contributed by atoms with E-state index in [1.54, 1.807) is 0 Å². The molecule has 2 saturated heterocycles. The number of benzene rings is 2. The summed E-state index contributed by atoms with van der Waals surface area (Å²) in [5.41, 5.74) is 2.82. The van der Waals surface area contributed by atoms with Crippen LogP contribution < -0.4 is 0 Å². The second kappa shape index (κ2) is 8.81. The highest BCUT2D eigenvalue weighted by molar-refractivity contribution is 6.01. The molecule has 0 N–H and O–H groups in total. The lowest BCUT2D eigenvalue weighted by Crippen LogP contribution is -2.43. The van der Waals surface area contributed by atoms with Gasteiger partial charge in [0.2, 0.25) is 5.91 Å². The summed E-state index contributed by atoms with van der Waals surface area (Å²) in [5, 5.41) is 0. The molecule has 2 amide bonds. The van der Waals surface area contributed by atoms with E-state index in [2.05, 4.69) is 0 Å². The van der Waals surface area contributed by atoms with Crippen LogP contribution in [-0.2, 0) is 4.79 Å². The summed E-state index contributed by atoms with van der Waals surface area (Å²) in [7, 11) is 1.93. The molecule has 2 heterocycles. The zero-order chi connectivity index (χ0) is 20.2. The molecule has 1 atom stereocenters. The molecule has 2 fully saturated rings. The third kappa shape index (κ3) is 4.21. The highest BCUT2D eigenvalue weighted by Gasteiger charge is 2.35. The number of hydrogen-bond acceptors (Lipinski definition) is 2. The minimum absolute atomic E-state index is 0.104. The first-order valence-electron chi connectivity index (χ1n) is 10.8. The van der Waals surface area contributed by atoms with E-state index in [9.17, 15) is 9.59 Å². The molecule has 152 valence electrons. The Morgan fingerprint density at radius 1 is 0.862 bits per heavy atom. The van der Waals surface area contributed by atoms with Crippen molar-refractivity contribution in [2.45, 2.75) is 32.1 Å². The smallest absolute Gasteiger partial charge is 0.254 e. The van der Waals surface area contributed by atoms with E-state index >= 15 is 0 Å². The quantitative estimate of drug-likeness (QED) is 0.776. The van der Waals surface area contributed by atoms with Gasteiger partial charge in [-0.25, -0.2) is 0 Å². The predicted octanol–water partition coefficient (Wildman–Crippen LogP) is 4.46. The Hall–Kier alpha value is -2.62. The van der Waals surface area contributed by atoms with E-state index in [1.165, 1.54) is 0 Å². The number of nitrogens with zero attached hydrogens (tertiary/aromatic N) is 2. The third-order valence-corrected chi connectivity index (χ3v) is 6.59. The van der Waals surface area contributed by atoms with Crippen molar-refractivity contribution >= 4 is 11.8 Å². The molecular formula is C25H30N2O2. The second-order valence-electron chi connectivity index (χ2n) is 8.40. The van der Waals surface area contributed by atoms with Gasteiger partial charge in [0.15, 0.2) is 0 Å². The molecule has 4 heteroatoms. The van der Waals surface area contributed by atoms with Gasteiger partial charge in [0, 0.05) is 38.2 Å². The van der Waals surface area contributed by atoms with Crippen LogP contribution in [0.4, 0.5) is 0 Å². The minimum Gasteiger partial charge on any atom is -0.346 e. The molecule has 2 aliphatic rings.